The minimum absolute atomic E-state index is 0.784. The van der Waals surface area contributed by atoms with Crippen molar-refractivity contribution >= 4 is 0 Å². The number of allylic oxidation sites excluding steroid dienone is 4. The van der Waals surface area contributed by atoms with Gasteiger partial charge >= 0.3 is 0 Å². The van der Waals surface area contributed by atoms with Gasteiger partial charge in [-0.3, -0.25) is 0 Å². The van der Waals surface area contributed by atoms with Crippen molar-refractivity contribution < 1.29 is 0 Å². The Morgan fingerprint density at radius 2 is 1.21 bits per heavy atom. The summed E-state index contributed by atoms with van der Waals surface area (Å²) in [5, 5.41) is 3.23. The van der Waals surface area contributed by atoms with Crippen molar-refractivity contribution in [3.8, 4) is 0 Å². The molecule has 0 atom stereocenters. The van der Waals surface area contributed by atoms with E-state index >= 15 is 0 Å². The Balaban J connectivity index is -0.000000615. The van der Waals surface area contributed by atoms with Crippen LogP contribution in [0.5, 0.6) is 0 Å². The van der Waals surface area contributed by atoms with E-state index in [-0.39, 0.29) is 0 Å². The van der Waals surface area contributed by atoms with Gasteiger partial charge in [0.25, 0.3) is 0 Å². The van der Waals surface area contributed by atoms with Gasteiger partial charge in [-0.05, 0) is 84.3 Å². The molecule has 0 heterocycles. The fourth-order valence-corrected chi connectivity index (χ4v) is 4.57. The highest BCUT2D eigenvalue weighted by Crippen LogP contribution is 2.25. The summed E-state index contributed by atoms with van der Waals surface area (Å²) in [5.41, 5.74) is 8.26. The molecular weight excluding hydrogens is 472 g/mol. The Hall–Kier alpha value is -1.12. The molecule has 0 saturated carbocycles. The molecule has 232 valence electrons. The van der Waals surface area contributed by atoms with Crippen LogP contribution in [0.15, 0.2) is 49.1 Å². The summed E-state index contributed by atoms with van der Waals surface area (Å²) in [4.78, 5) is 0. The van der Waals surface area contributed by atoms with Crippen LogP contribution >= 0.6 is 0 Å². The molecule has 0 aromatic heterocycles. The summed E-state index contributed by atoms with van der Waals surface area (Å²) in [6.45, 7) is 22.3. The van der Waals surface area contributed by atoms with Crippen molar-refractivity contribution in [3.63, 3.8) is 0 Å². The molecule has 0 aromatic rings. The maximum atomic E-state index is 5.46. The quantitative estimate of drug-likeness (QED) is 0.0836. The highest BCUT2D eigenvalue weighted by molar-refractivity contribution is 4.97. The Morgan fingerprint density at radius 1 is 0.692 bits per heavy atom. The van der Waals surface area contributed by atoms with E-state index in [4.69, 9.17) is 5.73 Å². The summed E-state index contributed by atoms with van der Waals surface area (Å²) in [6, 6.07) is 0. The molecule has 0 aliphatic rings. The number of nitrogens with two attached hydrogens (primary N) is 1. The van der Waals surface area contributed by atoms with E-state index in [1.165, 1.54) is 114 Å². The highest BCUT2D eigenvalue weighted by Gasteiger charge is 2.10. The van der Waals surface area contributed by atoms with Crippen LogP contribution in [-0.2, 0) is 0 Å². The molecule has 2 nitrogen and oxygen atoms in total. The second-order valence-electron chi connectivity index (χ2n) is 11.3. The van der Waals surface area contributed by atoms with E-state index in [0.29, 0.717) is 0 Å². The van der Waals surface area contributed by atoms with Crippen LogP contribution in [0.3, 0.4) is 0 Å². The zero-order valence-corrected chi connectivity index (χ0v) is 27.8. The molecule has 0 radical (unpaired) electrons. The van der Waals surface area contributed by atoms with Gasteiger partial charge in [-0.25, -0.2) is 0 Å². The van der Waals surface area contributed by atoms with E-state index in [0.717, 1.165) is 51.1 Å². The first-order valence-electron chi connectivity index (χ1n) is 16.9. The molecule has 0 spiro atoms. The van der Waals surface area contributed by atoms with Gasteiger partial charge in [0.1, 0.15) is 0 Å². The van der Waals surface area contributed by atoms with Crippen LogP contribution in [0, 0.1) is 5.92 Å². The summed E-state index contributed by atoms with van der Waals surface area (Å²) < 4.78 is 0. The van der Waals surface area contributed by atoms with Gasteiger partial charge in [0, 0.05) is 0 Å². The average Bonchev–Trinajstić information content (AvgIpc) is 2.93. The number of hydrogen-bond acceptors (Lipinski definition) is 2. The fraction of sp³-hybridized carbons (Fsp3) is 0.784. The zero-order valence-electron chi connectivity index (χ0n) is 27.8. The van der Waals surface area contributed by atoms with Gasteiger partial charge in [0.05, 0.1) is 0 Å². The lowest BCUT2D eigenvalue weighted by Gasteiger charge is -2.18. The second-order valence-corrected chi connectivity index (χ2v) is 11.3. The molecule has 3 N–H and O–H groups in total. The standard InChI is InChI=1S/C19H39N.C15H29N.C3H6/c1-5-7-9-11-13-19(14-12-10-8-6-2)17-18(3)15-16-20-4;1-3-4-5-6-7-8-9-10-12-15(2)13-11-14-16;1-3-2/h19-20H,3,5-17H2,1-2,4H3;8-9H,2-7,10-14,16H2,1H3;3H,1H2,2H3/b;9-8-;. The zero-order chi connectivity index (χ0) is 29.8. The van der Waals surface area contributed by atoms with Crippen LogP contribution in [0.25, 0.3) is 0 Å². The van der Waals surface area contributed by atoms with Crippen molar-refractivity contribution in [1.29, 1.82) is 0 Å². The molecule has 0 bridgehead atoms. The van der Waals surface area contributed by atoms with Crippen LogP contribution in [0.1, 0.15) is 163 Å². The first-order chi connectivity index (χ1) is 19.0. The molecule has 0 saturated heterocycles. The van der Waals surface area contributed by atoms with Gasteiger partial charge in [-0.15, -0.1) is 6.58 Å². The molecule has 0 rings (SSSR count). The minimum Gasteiger partial charge on any atom is -0.330 e. The molecule has 0 aliphatic carbocycles. The van der Waals surface area contributed by atoms with Crippen molar-refractivity contribution in [2.45, 2.75) is 163 Å². The summed E-state index contributed by atoms with van der Waals surface area (Å²) >= 11 is 0. The molecule has 0 unspecified atom stereocenters. The maximum Gasteiger partial charge on any atom is -0.00147 e. The van der Waals surface area contributed by atoms with Crippen LogP contribution < -0.4 is 11.1 Å². The number of unbranched alkanes of at least 4 members (excludes halogenated alkanes) is 10. The molecule has 0 fully saturated rings. The van der Waals surface area contributed by atoms with E-state index in [2.05, 4.69) is 58.0 Å². The highest BCUT2D eigenvalue weighted by atomic mass is 14.8. The normalized spacial score (nSPS) is 10.6. The lowest BCUT2D eigenvalue weighted by molar-refractivity contribution is 0.399. The Labute approximate surface area is 248 Å². The van der Waals surface area contributed by atoms with Gasteiger partial charge in [-0.2, -0.15) is 0 Å². The third-order valence-electron chi connectivity index (χ3n) is 7.03. The third-order valence-corrected chi connectivity index (χ3v) is 7.03. The number of rotatable bonds is 26. The Bertz CT molecular complexity index is 508. The lowest BCUT2D eigenvalue weighted by atomic mass is 9.88. The van der Waals surface area contributed by atoms with Crippen LogP contribution in [0.4, 0.5) is 0 Å². The van der Waals surface area contributed by atoms with E-state index < -0.39 is 0 Å². The average molecular weight is 547 g/mol. The van der Waals surface area contributed by atoms with Gasteiger partial charge in [-0.1, -0.05) is 147 Å². The monoisotopic (exact) mass is 547 g/mol. The predicted molar refractivity (Wildman–Crippen MR) is 184 cm³/mol. The van der Waals surface area contributed by atoms with Crippen LogP contribution in [-0.4, -0.2) is 20.1 Å². The van der Waals surface area contributed by atoms with Crippen molar-refractivity contribution in [2.75, 3.05) is 20.1 Å². The molecule has 0 amide bonds. The smallest absolute Gasteiger partial charge is 0.00147 e. The number of nitrogens with one attached hydrogen (secondary N) is 1. The molecule has 0 aliphatic heterocycles. The van der Waals surface area contributed by atoms with Crippen molar-refractivity contribution in [1.82, 2.24) is 5.32 Å². The first-order valence-corrected chi connectivity index (χ1v) is 16.9. The van der Waals surface area contributed by atoms with Gasteiger partial charge in [0.15, 0.2) is 0 Å². The lowest BCUT2D eigenvalue weighted by Crippen LogP contribution is -2.10. The predicted octanol–water partition coefficient (Wildman–Crippen LogP) is 11.9. The summed E-state index contributed by atoms with van der Waals surface area (Å²) in [7, 11) is 2.03. The first kappa shape index (κ1) is 42.3. The van der Waals surface area contributed by atoms with Gasteiger partial charge in [0.2, 0.25) is 0 Å². The van der Waals surface area contributed by atoms with Crippen molar-refractivity contribution in [3.05, 3.63) is 49.1 Å². The summed E-state index contributed by atoms with van der Waals surface area (Å²) in [6.07, 6.45) is 34.0. The largest absolute Gasteiger partial charge is 0.330 e. The molecular formula is C37H74N2. The second kappa shape index (κ2) is 39.0. The van der Waals surface area contributed by atoms with E-state index in [9.17, 15) is 0 Å². The topological polar surface area (TPSA) is 38.0 Å². The Morgan fingerprint density at radius 3 is 1.69 bits per heavy atom. The Kier molecular flexibility index (Phi) is 42.4. The van der Waals surface area contributed by atoms with Crippen molar-refractivity contribution in [2.24, 2.45) is 11.7 Å². The molecule has 2 heteroatoms. The minimum atomic E-state index is 0.784. The maximum absolute atomic E-state index is 5.46. The van der Waals surface area contributed by atoms with E-state index in [1.54, 1.807) is 6.08 Å². The van der Waals surface area contributed by atoms with Gasteiger partial charge < -0.3 is 11.1 Å². The molecule has 39 heavy (non-hydrogen) atoms. The number of hydrogen-bond donors (Lipinski definition) is 2. The fourth-order valence-electron chi connectivity index (χ4n) is 4.57. The van der Waals surface area contributed by atoms with Crippen LogP contribution in [0.2, 0.25) is 0 Å². The SMILES string of the molecule is C=C(CC/C=C\CCCCCC)CCCN.C=C(CCNC)CC(CCCCCC)CCCCCC.C=CC. The third kappa shape index (κ3) is 41.5. The molecule has 0 aromatic carbocycles. The van der Waals surface area contributed by atoms with E-state index in [1.807, 2.05) is 14.0 Å². The summed E-state index contributed by atoms with van der Waals surface area (Å²) in [5.74, 6) is 0.896.